The minimum absolute atomic E-state index is 0.403. The number of aryl methyl sites for hydroxylation is 1. The third-order valence-electron chi connectivity index (χ3n) is 3.62. The molecule has 0 aliphatic heterocycles. The Balaban J connectivity index is 2.33. The lowest BCUT2D eigenvalue weighted by Crippen LogP contribution is -2.00. The molecule has 0 spiro atoms. The number of phenols is 1. The first-order valence-corrected chi connectivity index (χ1v) is 9.18. The van der Waals surface area contributed by atoms with E-state index in [1.165, 1.54) is 50.7 Å². The molecule has 0 aliphatic rings. The van der Waals surface area contributed by atoms with Gasteiger partial charge in [0.25, 0.3) is 10.1 Å². The fraction of sp³-hybridized carbons (Fsp3) is 0.625. The molecule has 1 aromatic carbocycles. The van der Waals surface area contributed by atoms with Crippen LogP contribution in [0.25, 0.3) is 0 Å². The van der Waals surface area contributed by atoms with Gasteiger partial charge in [-0.15, -0.1) is 0 Å². The summed E-state index contributed by atoms with van der Waals surface area (Å²) in [6.45, 7) is 2.21. The van der Waals surface area contributed by atoms with Crippen LogP contribution in [0, 0.1) is 0 Å². The van der Waals surface area contributed by atoms with Crippen molar-refractivity contribution in [3.63, 3.8) is 0 Å². The van der Waals surface area contributed by atoms with Crippen molar-refractivity contribution in [3.8, 4) is 5.75 Å². The van der Waals surface area contributed by atoms with E-state index in [1.807, 2.05) is 0 Å². The summed E-state index contributed by atoms with van der Waals surface area (Å²) in [6.07, 6.45) is 10.5. The van der Waals surface area contributed by atoms with Crippen molar-refractivity contribution in [2.75, 3.05) is 0 Å². The maximum Gasteiger partial charge on any atom is 0.298 e. The minimum atomic E-state index is -4.35. The molecular formula is C16H26O4S. The predicted octanol–water partition coefficient (Wildman–Crippen LogP) is 4.32. The molecule has 21 heavy (non-hydrogen) atoms. The lowest BCUT2D eigenvalue weighted by atomic mass is 10.0. The normalized spacial score (nSPS) is 11.7. The molecule has 0 fully saturated rings. The Labute approximate surface area is 128 Å². The number of aromatic hydroxyl groups is 1. The first-order chi connectivity index (χ1) is 9.95. The summed E-state index contributed by atoms with van der Waals surface area (Å²) in [7, 11) is -4.35. The third kappa shape index (κ3) is 6.96. The molecule has 0 aliphatic carbocycles. The molecule has 0 aromatic heterocycles. The number of hydrogen-bond donors (Lipinski definition) is 2. The quantitative estimate of drug-likeness (QED) is 0.498. The molecule has 1 aromatic rings. The summed E-state index contributed by atoms with van der Waals surface area (Å²) in [5.41, 5.74) is 0.825. The summed E-state index contributed by atoms with van der Waals surface area (Å²) in [5.74, 6) is -0.405. The molecular weight excluding hydrogens is 288 g/mol. The second-order valence-electron chi connectivity index (χ2n) is 5.50. The van der Waals surface area contributed by atoms with Gasteiger partial charge in [-0.3, -0.25) is 4.55 Å². The van der Waals surface area contributed by atoms with E-state index in [1.54, 1.807) is 6.07 Å². The zero-order valence-electron chi connectivity index (χ0n) is 12.7. The topological polar surface area (TPSA) is 74.6 Å². The molecule has 120 valence electrons. The molecule has 0 atom stereocenters. The van der Waals surface area contributed by atoms with Crippen molar-refractivity contribution in [2.24, 2.45) is 0 Å². The largest absolute Gasteiger partial charge is 0.506 e. The van der Waals surface area contributed by atoms with Crippen molar-refractivity contribution in [1.29, 1.82) is 0 Å². The molecule has 0 heterocycles. The van der Waals surface area contributed by atoms with Crippen molar-refractivity contribution in [2.45, 2.75) is 69.6 Å². The Morgan fingerprint density at radius 2 is 1.52 bits per heavy atom. The molecule has 0 saturated heterocycles. The molecule has 0 radical (unpaired) electrons. The first kappa shape index (κ1) is 18.0. The van der Waals surface area contributed by atoms with Gasteiger partial charge in [-0.1, -0.05) is 57.9 Å². The van der Waals surface area contributed by atoms with E-state index in [4.69, 9.17) is 4.55 Å². The maximum atomic E-state index is 11.1. The molecule has 0 unspecified atom stereocenters. The van der Waals surface area contributed by atoms with Crippen LogP contribution in [-0.2, 0) is 16.5 Å². The van der Waals surface area contributed by atoms with Crippen LogP contribution in [0.5, 0.6) is 5.75 Å². The van der Waals surface area contributed by atoms with Crippen molar-refractivity contribution in [3.05, 3.63) is 23.8 Å². The van der Waals surface area contributed by atoms with Gasteiger partial charge >= 0.3 is 0 Å². The van der Waals surface area contributed by atoms with E-state index in [0.717, 1.165) is 24.8 Å². The summed E-state index contributed by atoms with van der Waals surface area (Å²) in [4.78, 5) is -0.403. The van der Waals surface area contributed by atoms with Gasteiger partial charge in [0.05, 0.1) is 0 Å². The summed E-state index contributed by atoms with van der Waals surface area (Å²) in [5, 5.41) is 9.44. The van der Waals surface area contributed by atoms with Crippen LogP contribution in [0.4, 0.5) is 0 Å². The molecule has 0 bridgehead atoms. The highest BCUT2D eigenvalue weighted by Crippen LogP contribution is 2.24. The van der Waals surface area contributed by atoms with Crippen LogP contribution in [0.1, 0.15) is 63.9 Å². The van der Waals surface area contributed by atoms with Gasteiger partial charge in [0.1, 0.15) is 10.6 Å². The highest BCUT2D eigenvalue weighted by atomic mass is 32.2. The van der Waals surface area contributed by atoms with Gasteiger partial charge in [0.15, 0.2) is 0 Å². The number of hydrogen-bond acceptors (Lipinski definition) is 3. The van der Waals surface area contributed by atoms with Crippen molar-refractivity contribution >= 4 is 10.1 Å². The molecule has 1 rings (SSSR count). The number of unbranched alkanes of at least 4 members (excludes halogenated alkanes) is 7. The van der Waals surface area contributed by atoms with Crippen LogP contribution in [-0.4, -0.2) is 18.1 Å². The molecule has 4 nitrogen and oxygen atoms in total. The SMILES string of the molecule is CCCCCCCCCCc1ccc(O)c(S(=O)(=O)O)c1. The van der Waals surface area contributed by atoms with E-state index in [2.05, 4.69) is 6.92 Å². The second kappa shape index (κ2) is 9.05. The maximum absolute atomic E-state index is 11.1. The summed E-state index contributed by atoms with van der Waals surface area (Å²) < 4.78 is 31.2. The van der Waals surface area contributed by atoms with Gasteiger partial charge in [0, 0.05) is 0 Å². The molecule has 2 N–H and O–H groups in total. The first-order valence-electron chi connectivity index (χ1n) is 7.74. The van der Waals surface area contributed by atoms with Crippen LogP contribution in [0.15, 0.2) is 23.1 Å². The van der Waals surface area contributed by atoms with E-state index in [0.29, 0.717) is 0 Å². The average molecular weight is 314 g/mol. The van der Waals surface area contributed by atoms with Gasteiger partial charge in [-0.05, 0) is 30.5 Å². The number of benzene rings is 1. The average Bonchev–Trinajstić information content (AvgIpc) is 2.42. The van der Waals surface area contributed by atoms with Gasteiger partial charge in [0.2, 0.25) is 0 Å². The molecule has 0 amide bonds. The van der Waals surface area contributed by atoms with Gasteiger partial charge < -0.3 is 5.11 Å². The molecule has 0 saturated carbocycles. The Morgan fingerprint density at radius 3 is 2.10 bits per heavy atom. The monoisotopic (exact) mass is 314 g/mol. The smallest absolute Gasteiger partial charge is 0.298 e. The second-order valence-corrected chi connectivity index (χ2v) is 6.89. The van der Waals surface area contributed by atoms with Crippen LogP contribution >= 0.6 is 0 Å². The Hall–Kier alpha value is -1.07. The molecule has 5 heteroatoms. The Morgan fingerprint density at radius 1 is 0.952 bits per heavy atom. The number of phenolic OH excluding ortho intramolecular Hbond substituents is 1. The fourth-order valence-corrected chi connectivity index (χ4v) is 3.02. The standard InChI is InChI=1S/C16H26O4S/c1-2-3-4-5-6-7-8-9-10-14-11-12-15(17)16(13-14)21(18,19)20/h11-13,17H,2-10H2,1H3,(H,18,19,20). The van der Waals surface area contributed by atoms with Gasteiger partial charge in [-0.25, -0.2) is 0 Å². The van der Waals surface area contributed by atoms with Crippen LogP contribution in [0.2, 0.25) is 0 Å². The highest BCUT2D eigenvalue weighted by Gasteiger charge is 2.15. The number of rotatable bonds is 10. The lowest BCUT2D eigenvalue weighted by molar-refractivity contribution is 0.442. The van der Waals surface area contributed by atoms with Crippen LogP contribution < -0.4 is 0 Å². The lowest BCUT2D eigenvalue weighted by Gasteiger charge is -2.06. The summed E-state index contributed by atoms with van der Waals surface area (Å²) >= 11 is 0. The Bertz CT molecular complexity index is 523. The predicted molar refractivity (Wildman–Crippen MR) is 84.2 cm³/mol. The van der Waals surface area contributed by atoms with E-state index in [9.17, 15) is 13.5 Å². The van der Waals surface area contributed by atoms with E-state index >= 15 is 0 Å². The zero-order chi connectivity index (χ0) is 15.7. The summed E-state index contributed by atoms with van der Waals surface area (Å²) in [6, 6.07) is 4.38. The van der Waals surface area contributed by atoms with Crippen molar-refractivity contribution in [1.82, 2.24) is 0 Å². The zero-order valence-corrected chi connectivity index (χ0v) is 13.5. The van der Waals surface area contributed by atoms with E-state index < -0.39 is 20.8 Å². The minimum Gasteiger partial charge on any atom is -0.506 e. The fourth-order valence-electron chi connectivity index (χ4n) is 2.38. The van der Waals surface area contributed by atoms with Crippen LogP contribution in [0.3, 0.4) is 0 Å². The Kier molecular flexibility index (Phi) is 7.75. The highest BCUT2D eigenvalue weighted by molar-refractivity contribution is 7.86. The third-order valence-corrected chi connectivity index (χ3v) is 4.50. The van der Waals surface area contributed by atoms with E-state index in [-0.39, 0.29) is 0 Å². The van der Waals surface area contributed by atoms with Gasteiger partial charge in [-0.2, -0.15) is 8.42 Å². The van der Waals surface area contributed by atoms with Crippen molar-refractivity contribution < 1.29 is 18.1 Å².